The van der Waals surface area contributed by atoms with Crippen LogP contribution in [0.5, 0.6) is 0 Å². The number of thiazole rings is 1. The normalized spacial score (nSPS) is 16.2. The number of carbonyl (C=O) groups is 1. The molecule has 1 aliphatic heterocycles. The fourth-order valence-electron chi connectivity index (χ4n) is 3.11. The average molecular weight is 317 g/mol. The number of hydrogen-bond acceptors (Lipinski definition) is 4. The molecule has 1 saturated heterocycles. The second-order valence-electron chi connectivity index (χ2n) is 5.74. The van der Waals surface area contributed by atoms with Crippen molar-refractivity contribution in [3.8, 4) is 0 Å². The lowest BCUT2D eigenvalue weighted by Crippen LogP contribution is -2.42. The molecule has 0 bridgehead atoms. The van der Waals surface area contributed by atoms with Crippen LogP contribution in [-0.2, 0) is 4.79 Å². The summed E-state index contributed by atoms with van der Waals surface area (Å²) in [6, 6.07) is 8.26. The predicted octanol–water partition coefficient (Wildman–Crippen LogP) is 3.38. The van der Waals surface area contributed by atoms with Crippen molar-refractivity contribution in [1.82, 2.24) is 9.88 Å². The number of hydrogen-bond donors (Lipinski definition) is 0. The summed E-state index contributed by atoms with van der Waals surface area (Å²) in [5.41, 5.74) is 1.07. The molecule has 3 rings (SSSR count). The second-order valence-corrected chi connectivity index (χ2v) is 6.75. The van der Waals surface area contributed by atoms with Crippen molar-refractivity contribution in [2.45, 2.75) is 26.7 Å². The maximum atomic E-state index is 12.4. The third-order valence-corrected chi connectivity index (χ3v) is 5.57. The van der Waals surface area contributed by atoms with Gasteiger partial charge < -0.3 is 9.80 Å². The molecule has 22 heavy (non-hydrogen) atoms. The van der Waals surface area contributed by atoms with Crippen LogP contribution in [0.1, 0.15) is 26.7 Å². The molecular weight excluding hydrogens is 294 g/mol. The van der Waals surface area contributed by atoms with E-state index in [0.29, 0.717) is 5.91 Å². The molecule has 0 N–H and O–H groups in total. The van der Waals surface area contributed by atoms with Gasteiger partial charge in [0, 0.05) is 32.1 Å². The van der Waals surface area contributed by atoms with Gasteiger partial charge in [-0.3, -0.25) is 4.79 Å². The maximum absolute atomic E-state index is 12.4. The molecule has 0 radical (unpaired) electrons. The quantitative estimate of drug-likeness (QED) is 0.867. The molecule has 0 unspecified atom stereocenters. The molecule has 1 amide bonds. The van der Waals surface area contributed by atoms with E-state index in [1.165, 1.54) is 4.70 Å². The molecule has 1 aliphatic rings. The van der Waals surface area contributed by atoms with E-state index < -0.39 is 0 Å². The highest BCUT2D eigenvalue weighted by Crippen LogP contribution is 2.31. The van der Waals surface area contributed by atoms with Crippen molar-refractivity contribution in [2.75, 3.05) is 31.1 Å². The Morgan fingerprint density at radius 3 is 2.59 bits per heavy atom. The van der Waals surface area contributed by atoms with Gasteiger partial charge in [-0.15, -0.1) is 0 Å². The van der Waals surface area contributed by atoms with Gasteiger partial charge in [0.25, 0.3) is 0 Å². The first-order valence-corrected chi connectivity index (χ1v) is 8.93. The molecule has 1 aromatic heterocycles. The van der Waals surface area contributed by atoms with Gasteiger partial charge >= 0.3 is 0 Å². The summed E-state index contributed by atoms with van der Waals surface area (Å²) in [5, 5.41) is 1.09. The molecule has 1 fully saturated rings. The van der Waals surface area contributed by atoms with E-state index in [9.17, 15) is 4.79 Å². The number of nitrogens with zero attached hydrogens (tertiary/aromatic N) is 3. The number of aromatic nitrogens is 1. The number of fused-ring (bicyclic) bond motifs is 1. The van der Waals surface area contributed by atoms with Crippen molar-refractivity contribution in [2.24, 2.45) is 5.92 Å². The van der Waals surface area contributed by atoms with Gasteiger partial charge in [0.15, 0.2) is 5.13 Å². The summed E-state index contributed by atoms with van der Waals surface area (Å²) < 4.78 is 1.24. The van der Waals surface area contributed by atoms with Crippen LogP contribution in [-0.4, -0.2) is 42.0 Å². The van der Waals surface area contributed by atoms with E-state index in [1.807, 2.05) is 11.0 Å². The molecule has 2 heterocycles. The van der Waals surface area contributed by atoms with Crippen molar-refractivity contribution < 1.29 is 4.79 Å². The SMILES string of the molecule is CCN(CC)C(=O)C1CCN(c2nc3ccccc3s2)CC1. The first-order chi connectivity index (χ1) is 10.7. The summed E-state index contributed by atoms with van der Waals surface area (Å²) in [6.45, 7) is 7.59. The lowest BCUT2D eigenvalue weighted by molar-refractivity contribution is -0.135. The minimum atomic E-state index is 0.186. The molecule has 4 nitrogen and oxygen atoms in total. The fourth-order valence-corrected chi connectivity index (χ4v) is 4.12. The number of piperidine rings is 1. The smallest absolute Gasteiger partial charge is 0.225 e. The summed E-state index contributed by atoms with van der Waals surface area (Å²) >= 11 is 1.75. The van der Waals surface area contributed by atoms with Crippen molar-refractivity contribution in [3.63, 3.8) is 0 Å². The number of benzene rings is 1. The Morgan fingerprint density at radius 1 is 1.27 bits per heavy atom. The monoisotopic (exact) mass is 317 g/mol. The van der Waals surface area contributed by atoms with Gasteiger partial charge in [-0.05, 0) is 38.8 Å². The van der Waals surface area contributed by atoms with Gasteiger partial charge in [-0.1, -0.05) is 23.5 Å². The van der Waals surface area contributed by atoms with Crippen LogP contribution in [0.15, 0.2) is 24.3 Å². The molecule has 5 heteroatoms. The Kier molecular flexibility index (Phi) is 4.62. The number of anilines is 1. The molecule has 1 aromatic carbocycles. The second kappa shape index (κ2) is 6.65. The van der Waals surface area contributed by atoms with Crippen LogP contribution >= 0.6 is 11.3 Å². The molecular formula is C17H23N3OS. The Morgan fingerprint density at radius 2 is 1.95 bits per heavy atom. The third kappa shape index (κ3) is 2.95. The minimum Gasteiger partial charge on any atom is -0.348 e. The van der Waals surface area contributed by atoms with E-state index in [4.69, 9.17) is 4.98 Å². The Bertz CT molecular complexity index is 609. The Hall–Kier alpha value is -1.62. The highest BCUT2D eigenvalue weighted by Gasteiger charge is 2.28. The van der Waals surface area contributed by atoms with Crippen LogP contribution in [0.25, 0.3) is 10.2 Å². The molecule has 0 spiro atoms. The maximum Gasteiger partial charge on any atom is 0.225 e. The first kappa shape index (κ1) is 15.3. The van der Waals surface area contributed by atoms with Crippen LogP contribution < -0.4 is 4.90 Å². The van der Waals surface area contributed by atoms with E-state index >= 15 is 0 Å². The lowest BCUT2D eigenvalue weighted by atomic mass is 9.95. The number of rotatable bonds is 4. The fraction of sp³-hybridized carbons (Fsp3) is 0.529. The third-order valence-electron chi connectivity index (χ3n) is 4.47. The largest absolute Gasteiger partial charge is 0.348 e. The lowest BCUT2D eigenvalue weighted by Gasteiger charge is -2.33. The van der Waals surface area contributed by atoms with Gasteiger partial charge in [0.2, 0.25) is 5.91 Å². The molecule has 0 saturated carbocycles. The predicted molar refractivity (Wildman–Crippen MR) is 92.5 cm³/mol. The zero-order valence-electron chi connectivity index (χ0n) is 13.3. The van der Waals surface area contributed by atoms with E-state index in [0.717, 1.165) is 49.7 Å². The Balaban J connectivity index is 1.65. The minimum absolute atomic E-state index is 0.186. The Labute approximate surface area is 135 Å². The van der Waals surface area contributed by atoms with Crippen LogP contribution in [0, 0.1) is 5.92 Å². The van der Waals surface area contributed by atoms with Crippen LogP contribution in [0.4, 0.5) is 5.13 Å². The molecule has 2 aromatic rings. The average Bonchev–Trinajstić information content (AvgIpc) is 3.00. The van der Waals surface area contributed by atoms with Crippen molar-refractivity contribution >= 4 is 32.6 Å². The summed E-state index contributed by atoms with van der Waals surface area (Å²) in [6.07, 6.45) is 1.87. The van der Waals surface area contributed by atoms with Gasteiger partial charge in [0.05, 0.1) is 10.2 Å². The molecule has 0 atom stereocenters. The number of para-hydroxylation sites is 1. The van der Waals surface area contributed by atoms with E-state index in [2.05, 4.69) is 36.9 Å². The van der Waals surface area contributed by atoms with Crippen molar-refractivity contribution in [1.29, 1.82) is 0 Å². The molecule has 0 aliphatic carbocycles. The first-order valence-electron chi connectivity index (χ1n) is 8.12. The van der Waals surface area contributed by atoms with Gasteiger partial charge in [0.1, 0.15) is 0 Å². The molecule has 118 valence electrons. The zero-order chi connectivity index (χ0) is 15.5. The topological polar surface area (TPSA) is 36.4 Å². The van der Waals surface area contributed by atoms with Crippen molar-refractivity contribution in [3.05, 3.63) is 24.3 Å². The summed E-state index contributed by atoms with van der Waals surface area (Å²) in [5.74, 6) is 0.513. The highest BCUT2D eigenvalue weighted by molar-refractivity contribution is 7.22. The van der Waals surface area contributed by atoms with Crippen LogP contribution in [0.2, 0.25) is 0 Å². The van der Waals surface area contributed by atoms with Gasteiger partial charge in [-0.2, -0.15) is 0 Å². The zero-order valence-corrected chi connectivity index (χ0v) is 14.1. The van der Waals surface area contributed by atoms with Gasteiger partial charge in [-0.25, -0.2) is 4.98 Å². The van der Waals surface area contributed by atoms with E-state index in [-0.39, 0.29) is 5.92 Å². The standard InChI is InChI=1S/C17H23N3OS/c1-3-19(4-2)16(21)13-9-11-20(12-10-13)17-18-14-7-5-6-8-15(14)22-17/h5-8,13H,3-4,9-12H2,1-2H3. The number of amides is 1. The highest BCUT2D eigenvalue weighted by atomic mass is 32.1. The summed E-state index contributed by atoms with van der Waals surface area (Å²) in [4.78, 5) is 21.4. The number of carbonyl (C=O) groups excluding carboxylic acids is 1. The van der Waals surface area contributed by atoms with E-state index in [1.54, 1.807) is 11.3 Å². The summed E-state index contributed by atoms with van der Waals surface area (Å²) in [7, 11) is 0. The van der Waals surface area contributed by atoms with Crippen LogP contribution in [0.3, 0.4) is 0 Å².